The number of benzene rings is 1. The number of methoxy groups -OCH3 is 1. The van der Waals surface area contributed by atoms with Gasteiger partial charge in [0.2, 0.25) is 0 Å². The Morgan fingerprint density at radius 1 is 1.30 bits per heavy atom. The van der Waals surface area contributed by atoms with Crippen LogP contribution < -0.4 is 0 Å². The van der Waals surface area contributed by atoms with Gasteiger partial charge in [-0.1, -0.05) is 24.3 Å². The summed E-state index contributed by atoms with van der Waals surface area (Å²) in [6.45, 7) is 1.96. The molecule has 4 heteroatoms. The molecule has 4 nitrogen and oxygen atoms in total. The summed E-state index contributed by atoms with van der Waals surface area (Å²) < 4.78 is 16.1. The van der Waals surface area contributed by atoms with E-state index in [1.54, 1.807) is 0 Å². The fourth-order valence-electron chi connectivity index (χ4n) is 2.34. The zero-order valence-electron chi connectivity index (χ0n) is 12.0. The first-order valence-corrected chi connectivity index (χ1v) is 7.12. The van der Waals surface area contributed by atoms with E-state index in [2.05, 4.69) is 0 Å². The van der Waals surface area contributed by atoms with E-state index in [-0.39, 0.29) is 18.5 Å². The molecule has 1 aromatic carbocycles. The predicted octanol–water partition coefficient (Wildman–Crippen LogP) is 2.49. The van der Waals surface area contributed by atoms with E-state index in [1.165, 1.54) is 13.5 Å². The fourth-order valence-corrected chi connectivity index (χ4v) is 2.34. The Hall–Kier alpha value is -1.39. The van der Waals surface area contributed by atoms with Crippen LogP contribution in [0.2, 0.25) is 0 Å². The highest BCUT2D eigenvalue weighted by Gasteiger charge is 2.14. The Morgan fingerprint density at radius 2 is 2.10 bits per heavy atom. The number of ether oxygens (including phenoxy) is 3. The van der Waals surface area contributed by atoms with Crippen LogP contribution in [0.15, 0.2) is 24.3 Å². The van der Waals surface area contributed by atoms with Crippen molar-refractivity contribution in [1.29, 1.82) is 0 Å². The normalized spacial score (nSPS) is 18.8. The average molecular weight is 278 g/mol. The minimum absolute atomic E-state index is 0.219. The van der Waals surface area contributed by atoms with Gasteiger partial charge in [0, 0.05) is 6.61 Å². The summed E-state index contributed by atoms with van der Waals surface area (Å²) in [5.74, 6) is -0.229. The highest BCUT2D eigenvalue weighted by Crippen LogP contribution is 2.15. The second-order valence-corrected chi connectivity index (χ2v) is 5.03. The Bertz CT molecular complexity index is 424. The van der Waals surface area contributed by atoms with Crippen LogP contribution in [-0.4, -0.2) is 32.4 Å². The second-order valence-electron chi connectivity index (χ2n) is 5.03. The summed E-state index contributed by atoms with van der Waals surface area (Å²) in [4.78, 5) is 11.4. The summed E-state index contributed by atoms with van der Waals surface area (Å²) in [7, 11) is 1.40. The second kappa shape index (κ2) is 8.02. The van der Waals surface area contributed by atoms with Crippen molar-refractivity contribution in [1.82, 2.24) is 0 Å². The van der Waals surface area contributed by atoms with Crippen LogP contribution in [0.5, 0.6) is 0 Å². The van der Waals surface area contributed by atoms with Crippen molar-refractivity contribution >= 4 is 5.97 Å². The zero-order chi connectivity index (χ0) is 14.2. The molecule has 0 aromatic heterocycles. The van der Waals surface area contributed by atoms with Crippen molar-refractivity contribution in [3.05, 3.63) is 35.4 Å². The largest absolute Gasteiger partial charge is 0.469 e. The van der Waals surface area contributed by atoms with E-state index in [0.29, 0.717) is 13.2 Å². The van der Waals surface area contributed by atoms with E-state index < -0.39 is 0 Å². The van der Waals surface area contributed by atoms with Gasteiger partial charge >= 0.3 is 5.97 Å². The number of hydrogen-bond acceptors (Lipinski definition) is 4. The maximum atomic E-state index is 11.4. The molecule has 20 heavy (non-hydrogen) atoms. The summed E-state index contributed by atoms with van der Waals surface area (Å²) in [5, 5.41) is 0. The third-order valence-corrected chi connectivity index (χ3v) is 3.52. The number of carbonyl (C=O) groups is 1. The topological polar surface area (TPSA) is 44.8 Å². The molecule has 0 spiro atoms. The predicted molar refractivity (Wildman–Crippen MR) is 75.4 cm³/mol. The molecular weight excluding hydrogens is 256 g/mol. The van der Waals surface area contributed by atoms with E-state index in [0.717, 1.165) is 30.6 Å². The van der Waals surface area contributed by atoms with Gasteiger partial charge in [-0.3, -0.25) is 4.79 Å². The lowest BCUT2D eigenvalue weighted by atomic mass is 10.1. The Morgan fingerprint density at radius 3 is 2.80 bits per heavy atom. The first-order chi connectivity index (χ1) is 9.79. The van der Waals surface area contributed by atoms with Crippen molar-refractivity contribution in [2.75, 3.05) is 20.3 Å². The van der Waals surface area contributed by atoms with Gasteiger partial charge in [0.15, 0.2) is 0 Å². The van der Waals surface area contributed by atoms with Crippen molar-refractivity contribution in [3.8, 4) is 0 Å². The lowest BCUT2D eigenvalue weighted by Gasteiger charge is -2.22. The summed E-state index contributed by atoms with van der Waals surface area (Å²) in [6, 6.07) is 7.80. The van der Waals surface area contributed by atoms with E-state index >= 15 is 0 Å². The third kappa shape index (κ3) is 4.62. The molecule has 0 saturated carbocycles. The molecule has 0 bridgehead atoms. The molecule has 1 unspecified atom stereocenters. The molecule has 1 aromatic rings. The summed E-state index contributed by atoms with van der Waals surface area (Å²) >= 11 is 0. The van der Waals surface area contributed by atoms with Gasteiger partial charge in [-0.15, -0.1) is 0 Å². The standard InChI is InChI=1S/C16H22O4/c1-18-16(17)10-13-6-2-3-7-14(13)11-19-12-15-8-4-5-9-20-15/h2-3,6-7,15H,4-5,8-12H2,1H3. The molecule has 0 amide bonds. The molecule has 1 atom stereocenters. The van der Waals surface area contributed by atoms with Crippen LogP contribution in [0.3, 0.4) is 0 Å². The van der Waals surface area contributed by atoms with E-state index in [9.17, 15) is 4.79 Å². The molecule has 0 radical (unpaired) electrons. The number of rotatable bonds is 6. The lowest BCUT2D eigenvalue weighted by Crippen LogP contribution is -2.24. The first-order valence-electron chi connectivity index (χ1n) is 7.12. The zero-order valence-corrected chi connectivity index (χ0v) is 12.0. The smallest absolute Gasteiger partial charge is 0.309 e. The van der Waals surface area contributed by atoms with Crippen LogP contribution in [-0.2, 0) is 32.0 Å². The third-order valence-electron chi connectivity index (χ3n) is 3.52. The monoisotopic (exact) mass is 278 g/mol. The van der Waals surface area contributed by atoms with Crippen LogP contribution in [0.1, 0.15) is 30.4 Å². The van der Waals surface area contributed by atoms with Gasteiger partial charge in [0.05, 0.1) is 32.8 Å². The van der Waals surface area contributed by atoms with E-state index in [1.807, 2.05) is 24.3 Å². The molecule has 1 aliphatic rings. The Labute approximate surface area is 120 Å². The highest BCUT2D eigenvalue weighted by molar-refractivity contribution is 5.72. The molecule has 0 N–H and O–H groups in total. The maximum Gasteiger partial charge on any atom is 0.309 e. The van der Waals surface area contributed by atoms with Gasteiger partial charge in [0.25, 0.3) is 0 Å². The molecule has 1 fully saturated rings. The van der Waals surface area contributed by atoms with Gasteiger partial charge in [0.1, 0.15) is 0 Å². The first kappa shape index (κ1) is 15.0. The Balaban J connectivity index is 1.83. The number of esters is 1. The van der Waals surface area contributed by atoms with Crippen LogP contribution in [0.4, 0.5) is 0 Å². The van der Waals surface area contributed by atoms with E-state index in [4.69, 9.17) is 14.2 Å². The Kier molecular flexibility index (Phi) is 6.02. The minimum Gasteiger partial charge on any atom is -0.469 e. The molecule has 0 aliphatic carbocycles. The van der Waals surface area contributed by atoms with Crippen LogP contribution in [0, 0.1) is 0 Å². The molecule has 1 heterocycles. The molecule has 1 aliphatic heterocycles. The molecule has 2 rings (SSSR count). The van der Waals surface area contributed by atoms with Crippen LogP contribution >= 0.6 is 0 Å². The minimum atomic E-state index is -0.229. The van der Waals surface area contributed by atoms with Gasteiger partial charge < -0.3 is 14.2 Å². The fraction of sp³-hybridized carbons (Fsp3) is 0.562. The van der Waals surface area contributed by atoms with Gasteiger partial charge in [-0.2, -0.15) is 0 Å². The number of hydrogen-bond donors (Lipinski definition) is 0. The van der Waals surface area contributed by atoms with Crippen molar-refractivity contribution in [2.45, 2.75) is 38.4 Å². The highest BCUT2D eigenvalue weighted by atomic mass is 16.5. The van der Waals surface area contributed by atoms with Crippen LogP contribution in [0.25, 0.3) is 0 Å². The average Bonchev–Trinajstić information content (AvgIpc) is 2.50. The SMILES string of the molecule is COC(=O)Cc1ccccc1COCC1CCCCO1. The van der Waals surface area contributed by atoms with Gasteiger partial charge in [-0.25, -0.2) is 0 Å². The lowest BCUT2D eigenvalue weighted by molar-refractivity contribution is -0.139. The quantitative estimate of drug-likeness (QED) is 0.750. The molecule has 1 saturated heterocycles. The maximum absolute atomic E-state index is 11.4. The molecule has 110 valence electrons. The van der Waals surface area contributed by atoms with Crippen molar-refractivity contribution < 1.29 is 19.0 Å². The van der Waals surface area contributed by atoms with Crippen molar-refractivity contribution in [3.63, 3.8) is 0 Å². The molecular formula is C16H22O4. The summed E-state index contributed by atoms with van der Waals surface area (Å²) in [5.41, 5.74) is 2.00. The summed E-state index contributed by atoms with van der Waals surface area (Å²) in [6.07, 6.45) is 3.95. The van der Waals surface area contributed by atoms with Gasteiger partial charge in [-0.05, 0) is 30.4 Å². The number of carbonyl (C=O) groups excluding carboxylic acids is 1. The van der Waals surface area contributed by atoms with Crippen molar-refractivity contribution in [2.24, 2.45) is 0 Å².